The summed E-state index contributed by atoms with van der Waals surface area (Å²) in [5.41, 5.74) is 2.70. The summed E-state index contributed by atoms with van der Waals surface area (Å²) in [6.45, 7) is 1.91. The molecule has 0 unspecified atom stereocenters. The zero-order chi connectivity index (χ0) is 48.7. The molecule has 0 spiro atoms. The Balaban J connectivity index is 0.926. The highest BCUT2D eigenvalue weighted by Gasteiger charge is 2.55. The van der Waals surface area contributed by atoms with Crippen molar-refractivity contribution in [1.82, 2.24) is 15.2 Å². The number of methoxy groups -OCH3 is 1. The molecule has 0 aliphatic carbocycles. The second-order valence-electron chi connectivity index (χ2n) is 16.2. The quantitative estimate of drug-likeness (QED) is 0.0145. The van der Waals surface area contributed by atoms with Crippen molar-refractivity contribution in [2.24, 2.45) is 5.16 Å². The highest BCUT2D eigenvalue weighted by Crippen LogP contribution is 2.43. The topological polar surface area (TPSA) is 163 Å². The van der Waals surface area contributed by atoms with E-state index in [4.69, 9.17) is 14.6 Å². The van der Waals surface area contributed by atoms with Crippen LogP contribution in [0.5, 0.6) is 0 Å². The van der Waals surface area contributed by atoms with Gasteiger partial charge < -0.3 is 25.3 Å². The number of β-lactam (4-membered cyclic amide) rings is 1. The molecule has 5 aromatic carbocycles. The maximum absolute atomic E-state index is 14.2. The lowest BCUT2D eigenvalue weighted by molar-refractivity contribution is -0.731. The number of carboxylic acid groups (broad SMARTS) is 1. The zero-order valence-electron chi connectivity index (χ0n) is 38.0. The average Bonchev–Trinajstić information content (AvgIpc) is 3.88. The first kappa shape index (κ1) is 47.5. The van der Waals surface area contributed by atoms with Gasteiger partial charge in [0.1, 0.15) is 35.0 Å². The van der Waals surface area contributed by atoms with Gasteiger partial charge in [-0.25, -0.2) is 14.6 Å². The molecule has 2 aliphatic rings. The van der Waals surface area contributed by atoms with Gasteiger partial charge in [0.2, 0.25) is 0 Å². The predicted molar refractivity (Wildman–Crippen MR) is 271 cm³/mol. The van der Waals surface area contributed by atoms with Gasteiger partial charge in [0, 0.05) is 45.0 Å². The third-order valence-electron chi connectivity index (χ3n) is 12.2. The van der Waals surface area contributed by atoms with E-state index in [-0.39, 0.29) is 29.5 Å². The van der Waals surface area contributed by atoms with Crippen molar-refractivity contribution in [3.63, 3.8) is 0 Å². The zero-order valence-corrected chi connectivity index (χ0v) is 40.5. The van der Waals surface area contributed by atoms with Gasteiger partial charge in [-0.2, -0.15) is 4.57 Å². The highest BCUT2D eigenvalue weighted by molar-refractivity contribution is 8.01. The van der Waals surface area contributed by atoms with Crippen LogP contribution in [0.2, 0.25) is 0 Å². The summed E-state index contributed by atoms with van der Waals surface area (Å²) < 4.78 is 7.24. The Labute approximate surface area is 417 Å². The summed E-state index contributed by atoms with van der Waals surface area (Å²) in [6.07, 6.45) is 3.62. The fraction of sp³-hybridized carbons (Fsp3) is 0.167. The summed E-state index contributed by atoms with van der Waals surface area (Å²) in [6, 6.07) is 51.7. The van der Waals surface area contributed by atoms with Crippen LogP contribution in [0.3, 0.4) is 0 Å². The van der Waals surface area contributed by atoms with E-state index in [1.807, 2.05) is 144 Å². The van der Waals surface area contributed by atoms with Gasteiger partial charge in [0.15, 0.2) is 23.2 Å². The van der Waals surface area contributed by atoms with Crippen LogP contribution in [0, 0.1) is 0 Å². The SMILES string of the molecule is CCO/N=C(\C(=O)N[C@@H]1C(=O)N2C(C(=O)O)=C(CSc3cc[n+](C(C(=O)OC)(c4ccccc4)c4ccccc4)cc3)CS[C@H]12)c1csc(NC(c2ccccc2)(c2ccccc2)c2ccccc2)n1. The molecular weight excluding hydrogens is 941 g/mol. The molecule has 0 radical (unpaired) electrons. The van der Waals surface area contributed by atoms with Crippen molar-refractivity contribution in [3.05, 3.63) is 226 Å². The Hall–Kier alpha value is -7.53. The Morgan fingerprint density at radius 2 is 1.31 bits per heavy atom. The number of carbonyl (C=O) groups excluding carboxylic acids is 3. The standard InChI is InChI=1S/C54H46N6O7S3/c1-3-67-58-44(43-35-70-52(55-43)57-53(37-19-9-4-10-20-37,38-21-11-5-12-22-38)39-23-13-6-14-24-39)47(61)56-45-48(62)60-46(50(63)64)36(34-69-49(45)60)33-68-42-29-31-59(32-30-42)54(51(65)66-2,40-25-15-7-16-26-40)41-27-17-8-18-28-41/h4-32,35,45,49H,3,33-34H2,1-2H3,(H2-,55,56,57,61,63,64)/p+1/b58-44-/t45-,49-/m1/s1. The molecule has 2 aliphatic heterocycles. The molecule has 2 aromatic heterocycles. The van der Waals surface area contributed by atoms with Crippen molar-refractivity contribution in [2.45, 2.75) is 34.3 Å². The molecule has 7 aromatic rings. The van der Waals surface area contributed by atoms with Gasteiger partial charge in [-0.05, 0) is 29.2 Å². The summed E-state index contributed by atoms with van der Waals surface area (Å²) in [5.74, 6) is -2.37. The normalized spacial score (nSPS) is 15.9. The van der Waals surface area contributed by atoms with Crippen LogP contribution in [-0.4, -0.2) is 81.1 Å². The molecule has 0 bridgehead atoms. The minimum absolute atomic E-state index is 0.104. The number of benzene rings is 5. The van der Waals surface area contributed by atoms with Crippen LogP contribution in [0.1, 0.15) is 40.4 Å². The fourth-order valence-corrected chi connectivity index (χ4v) is 12.1. The second-order valence-corrected chi connectivity index (χ2v) is 19.2. The lowest BCUT2D eigenvalue weighted by atomic mass is 9.77. The predicted octanol–water partition coefficient (Wildman–Crippen LogP) is 8.07. The Morgan fingerprint density at radius 1 is 0.800 bits per heavy atom. The number of hydrogen-bond acceptors (Lipinski definition) is 12. The van der Waals surface area contributed by atoms with Gasteiger partial charge >= 0.3 is 17.5 Å². The first-order chi connectivity index (χ1) is 34.2. The number of thioether (sulfide) groups is 2. The Bertz CT molecular complexity index is 2910. The number of hydrogen-bond donors (Lipinski definition) is 3. The molecule has 70 heavy (non-hydrogen) atoms. The van der Waals surface area contributed by atoms with Crippen LogP contribution >= 0.6 is 34.9 Å². The van der Waals surface area contributed by atoms with E-state index in [1.54, 1.807) is 12.3 Å². The van der Waals surface area contributed by atoms with E-state index in [2.05, 4.69) is 52.2 Å². The van der Waals surface area contributed by atoms with Crippen molar-refractivity contribution in [2.75, 3.05) is 30.5 Å². The molecule has 16 heteroatoms. The van der Waals surface area contributed by atoms with Crippen molar-refractivity contribution < 1.29 is 38.4 Å². The molecule has 13 nitrogen and oxygen atoms in total. The number of nitrogens with one attached hydrogen (secondary N) is 2. The Kier molecular flexibility index (Phi) is 14.3. The number of anilines is 1. The third kappa shape index (κ3) is 8.96. The molecule has 4 heterocycles. The number of rotatable bonds is 18. The molecule has 9 rings (SSSR count). The first-order valence-electron chi connectivity index (χ1n) is 22.4. The molecule has 1 saturated heterocycles. The number of pyridine rings is 1. The Morgan fingerprint density at radius 3 is 1.80 bits per heavy atom. The molecule has 352 valence electrons. The molecule has 3 N–H and O–H groups in total. The summed E-state index contributed by atoms with van der Waals surface area (Å²) in [4.78, 5) is 67.2. The largest absolute Gasteiger partial charge is 0.477 e. The number of ether oxygens (including phenoxy) is 1. The van der Waals surface area contributed by atoms with Crippen molar-refractivity contribution in [1.29, 1.82) is 0 Å². The van der Waals surface area contributed by atoms with Crippen molar-refractivity contribution in [3.8, 4) is 0 Å². The van der Waals surface area contributed by atoms with E-state index < -0.39 is 46.2 Å². The number of carbonyl (C=O) groups is 4. The van der Waals surface area contributed by atoms with E-state index in [0.717, 1.165) is 21.6 Å². The smallest absolute Gasteiger partial charge is 0.388 e. The van der Waals surface area contributed by atoms with Gasteiger partial charge in [0.05, 0.1) is 7.11 Å². The van der Waals surface area contributed by atoms with Crippen LogP contribution in [-0.2, 0) is 39.8 Å². The number of esters is 1. The molecular formula is C54H47N6O7S3+. The number of fused-ring (bicyclic) bond motifs is 1. The summed E-state index contributed by atoms with van der Waals surface area (Å²) in [5, 5.41) is 22.8. The monoisotopic (exact) mass is 987 g/mol. The van der Waals surface area contributed by atoms with E-state index in [9.17, 15) is 24.3 Å². The van der Waals surface area contributed by atoms with E-state index in [1.165, 1.54) is 46.9 Å². The van der Waals surface area contributed by atoms with Crippen LogP contribution in [0.4, 0.5) is 5.13 Å². The minimum Gasteiger partial charge on any atom is -0.477 e. The number of aromatic nitrogens is 2. The van der Waals surface area contributed by atoms with E-state index >= 15 is 0 Å². The van der Waals surface area contributed by atoms with Gasteiger partial charge in [-0.3, -0.25) is 14.5 Å². The van der Waals surface area contributed by atoms with Gasteiger partial charge in [-0.15, -0.1) is 34.9 Å². The second kappa shape index (κ2) is 21.0. The maximum Gasteiger partial charge on any atom is 0.388 e. The molecule has 1 fully saturated rings. The lowest BCUT2D eigenvalue weighted by Gasteiger charge is -2.49. The maximum atomic E-state index is 14.2. The average molecular weight is 988 g/mol. The summed E-state index contributed by atoms with van der Waals surface area (Å²) >= 11 is 4.08. The van der Waals surface area contributed by atoms with E-state index in [0.29, 0.717) is 27.6 Å². The van der Waals surface area contributed by atoms with Crippen molar-refractivity contribution >= 4 is 69.5 Å². The molecule has 2 atom stereocenters. The van der Waals surface area contributed by atoms with Crippen LogP contribution in [0.15, 0.2) is 203 Å². The summed E-state index contributed by atoms with van der Waals surface area (Å²) in [7, 11) is 1.37. The number of thiazole rings is 1. The third-order valence-corrected chi connectivity index (χ3v) is 15.4. The fourth-order valence-electron chi connectivity index (χ4n) is 8.93. The molecule has 2 amide bonds. The number of nitrogens with zero attached hydrogens (tertiary/aromatic N) is 4. The van der Waals surface area contributed by atoms with Crippen LogP contribution < -0.4 is 15.2 Å². The van der Waals surface area contributed by atoms with Crippen LogP contribution in [0.25, 0.3) is 0 Å². The number of carboxylic acids is 1. The number of oxime groups is 1. The lowest BCUT2D eigenvalue weighted by Crippen LogP contribution is -2.71. The number of aliphatic carboxylic acids is 1. The molecule has 0 saturated carbocycles. The van der Waals surface area contributed by atoms with Gasteiger partial charge in [-0.1, -0.05) is 157 Å². The highest BCUT2D eigenvalue weighted by atomic mass is 32.2. The number of amides is 2. The first-order valence-corrected chi connectivity index (χ1v) is 25.3. The minimum atomic E-state index is -1.32. The van der Waals surface area contributed by atoms with Gasteiger partial charge in [0.25, 0.3) is 11.8 Å².